The van der Waals surface area contributed by atoms with Crippen molar-refractivity contribution in [1.82, 2.24) is 0 Å². The molecule has 3 heteroatoms. The summed E-state index contributed by atoms with van der Waals surface area (Å²) < 4.78 is 15.1. The Labute approximate surface area is 54.9 Å². The summed E-state index contributed by atoms with van der Waals surface area (Å²) in [5, 5.41) is 0. The molecule has 0 amide bonds. The lowest BCUT2D eigenvalue weighted by atomic mass is 10.7. The summed E-state index contributed by atoms with van der Waals surface area (Å²) in [6, 6.07) is 0. The summed E-state index contributed by atoms with van der Waals surface area (Å²) in [4.78, 5) is 0. The second-order valence-electron chi connectivity index (χ2n) is 1.92. The van der Waals surface area contributed by atoms with E-state index in [0.717, 1.165) is 6.61 Å². The van der Waals surface area contributed by atoms with E-state index in [2.05, 4.69) is 0 Å². The van der Waals surface area contributed by atoms with Gasteiger partial charge < -0.3 is 14.2 Å². The van der Waals surface area contributed by atoms with Gasteiger partial charge in [-0.25, -0.2) is 0 Å². The molecule has 2 atom stereocenters. The van der Waals surface area contributed by atoms with E-state index in [9.17, 15) is 0 Å². The molecule has 1 rings (SSSR count). The maximum Gasteiger partial charge on any atom is 0.184 e. The average Bonchev–Trinajstić information content (AvgIpc) is 2.50. The zero-order valence-corrected chi connectivity index (χ0v) is 5.79. The van der Waals surface area contributed by atoms with Gasteiger partial charge in [-0.3, -0.25) is 0 Å². The minimum absolute atomic E-state index is 0.00606. The zero-order chi connectivity index (χ0) is 6.69. The van der Waals surface area contributed by atoms with Gasteiger partial charge in [0.15, 0.2) is 12.6 Å². The van der Waals surface area contributed by atoms with Gasteiger partial charge in [-0.15, -0.1) is 0 Å². The Morgan fingerprint density at radius 2 is 2.44 bits per heavy atom. The van der Waals surface area contributed by atoms with Crippen molar-refractivity contribution in [2.45, 2.75) is 26.4 Å². The molecule has 1 aliphatic heterocycles. The highest BCUT2D eigenvalue weighted by atomic mass is 16.8. The Hall–Kier alpha value is -0.120. The van der Waals surface area contributed by atoms with Crippen LogP contribution in [0.5, 0.6) is 0 Å². The Balaban J connectivity index is 1.95. The molecule has 9 heavy (non-hydrogen) atoms. The summed E-state index contributed by atoms with van der Waals surface area (Å²) in [6.45, 7) is 5.21. The zero-order valence-electron chi connectivity index (χ0n) is 5.79. The third kappa shape index (κ3) is 2.79. The van der Waals surface area contributed by atoms with Crippen LogP contribution in [0.4, 0.5) is 0 Å². The first-order chi connectivity index (χ1) is 4.33. The average molecular weight is 132 g/mol. The predicted octanol–water partition coefficient (Wildman–Crippen LogP) is 0.742. The van der Waals surface area contributed by atoms with Gasteiger partial charge in [0.25, 0.3) is 0 Å². The summed E-state index contributed by atoms with van der Waals surface area (Å²) in [5.74, 6) is 0. The lowest BCUT2D eigenvalue weighted by Crippen LogP contribution is -2.14. The summed E-state index contributed by atoms with van der Waals surface area (Å²) in [7, 11) is 0. The van der Waals surface area contributed by atoms with Gasteiger partial charge in [-0.1, -0.05) is 0 Å². The molecule has 0 aromatic carbocycles. The van der Waals surface area contributed by atoms with Crippen molar-refractivity contribution < 1.29 is 14.2 Å². The topological polar surface area (TPSA) is 31.0 Å². The monoisotopic (exact) mass is 132 g/mol. The largest absolute Gasteiger partial charge is 0.353 e. The van der Waals surface area contributed by atoms with Crippen LogP contribution in [-0.4, -0.2) is 25.8 Å². The molecular formula is C6H12O3. The van der Waals surface area contributed by atoms with Gasteiger partial charge in [0, 0.05) is 6.61 Å². The number of epoxide rings is 1. The third-order valence-electron chi connectivity index (χ3n) is 1.05. The number of hydrogen-bond acceptors (Lipinski definition) is 3. The summed E-state index contributed by atoms with van der Waals surface area (Å²) in [6.07, 6.45) is -0.117. The maximum atomic E-state index is 5.16. The van der Waals surface area contributed by atoms with E-state index in [1.54, 1.807) is 0 Å². The van der Waals surface area contributed by atoms with E-state index in [0.29, 0.717) is 6.61 Å². The van der Waals surface area contributed by atoms with Crippen molar-refractivity contribution in [3.05, 3.63) is 0 Å². The van der Waals surface area contributed by atoms with Crippen molar-refractivity contribution >= 4 is 0 Å². The molecule has 1 saturated heterocycles. The minimum Gasteiger partial charge on any atom is -0.353 e. The molecular weight excluding hydrogens is 120 g/mol. The van der Waals surface area contributed by atoms with E-state index in [1.807, 2.05) is 13.8 Å². The molecule has 0 N–H and O–H groups in total. The summed E-state index contributed by atoms with van der Waals surface area (Å²) >= 11 is 0. The van der Waals surface area contributed by atoms with Gasteiger partial charge in [0.1, 0.15) is 6.61 Å². The lowest BCUT2D eigenvalue weighted by molar-refractivity contribution is -0.153. The molecule has 2 unspecified atom stereocenters. The smallest absolute Gasteiger partial charge is 0.184 e. The van der Waals surface area contributed by atoms with E-state index in [-0.39, 0.29) is 12.6 Å². The fourth-order valence-corrected chi connectivity index (χ4v) is 0.606. The first-order valence-corrected chi connectivity index (χ1v) is 3.21. The minimum atomic E-state index is -0.123. The number of rotatable bonds is 4. The van der Waals surface area contributed by atoms with Crippen molar-refractivity contribution in [2.24, 2.45) is 0 Å². The van der Waals surface area contributed by atoms with Gasteiger partial charge in [-0.05, 0) is 13.8 Å². The van der Waals surface area contributed by atoms with Crippen molar-refractivity contribution in [3.8, 4) is 0 Å². The molecule has 1 heterocycles. The van der Waals surface area contributed by atoms with Gasteiger partial charge >= 0.3 is 0 Å². The van der Waals surface area contributed by atoms with Crippen LogP contribution in [0, 0.1) is 0 Å². The van der Waals surface area contributed by atoms with Crippen LogP contribution in [0.2, 0.25) is 0 Å². The van der Waals surface area contributed by atoms with E-state index >= 15 is 0 Å². The number of hydrogen-bond donors (Lipinski definition) is 0. The van der Waals surface area contributed by atoms with Crippen molar-refractivity contribution in [2.75, 3.05) is 13.2 Å². The lowest BCUT2D eigenvalue weighted by Gasteiger charge is -2.09. The Bertz CT molecular complexity index is 80.4. The highest BCUT2D eigenvalue weighted by molar-refractivity contribution is 4.55. The molecule has 0 aliphatic carbocycles. The van der Waals surface area contributed by atoms with E-state index < -0.39 is 0 Å². The molecule has 0 aromatic heterocycles. The van der Waals surface area contributed by atoms with Crippen LogP contribution in [0.3, 0.4) is 0 Å². The molecule has 0 bridgehead atoms. The maximum absolute atomic E-state index is 5.16. The highest BCUT2D eigenvalue weighted by Crippen LogP contribution is 2.12. The van der Waals surface area contributed by atoms with Gasteiger partial charge in [-0.2, -0.15) is 0 Å². The molecule has 3 nitrogen and oxygen atoms in total. The van der Waals surface area contributed by atoms with Crippen LogP contribution in [0.15, 0.2) is 0 Å². The Morgan fingerprint density at radius 3 is 2.89 bits per heavy atom. The van der Waals surface area contributed by atoms with Crippen LogP contribution < -0.4 is 0 Å². The molecule has 0 radical (unpaired) electrons. The molecule has 54 valence electrons. The fourth-order valence-electron chi connectivity index (χ4n) is 0.606. The third-order valence-corrected chi connectivity index (χ3v) is 1.05. The SMILES string of the molecule is CCOC(C)OC1CO1. The predicted molar refractivity (Wildman–Crippen MR) is 31.9 cm³/mol. The van der Waals surface area contributed by atoms with E-state index in [1.165, 1.54) is 0 Å². The number of ether oxygens (including phenoxy) is 3. The van der Waals surface area contributed by atoms with Gasteiger partial charge in [0.05, 0.1) is 0 Å². The highest BCUT2D eigenvalue weighted by Gasteiger charge is 2.25. The Kier molecular flexibility index (Phi) is 2.45. The molecule has 0 spiro atoms. The van der Waals surface area contributed by atoms with Gasteiger partial charge in [0.2, 0.25) is 0 Å². The first kappa shape index (κ1) is 6.99. The normalized spacial score (nSPS) is 28.0. The quantitative estimate of drug-likeness (QED) is 0.417. The Morgan fingerprint density at radius 1 is 1.78 bits per heavy atom. The molecule has 0 saturated carbocycles. The molecule has 0 aromatic rings. The molecule has 1 fully saturated rings. The van der Waals surface area contributed by atoms with Crippen molar-refractivity contribution in [3.63, 3.8) is 0 Å². The first-order valence-electron chi connectivity index (χ1n) is 3.21. The van der Waals surface area contributed by atoms with Crippen LogP contribution in [0.1, 0.15) is 13.8 Å². The van der Waals surface area contributed by atoms with Crippen LogP contribution >= 0.6 is 0 Å². The second-order valence-corrected chi connectivity index (χ2v) is 1.92. The second kappa shape index (κ2) is 3.15. The van der Waals surface area contributed by atoms with Crippen LogP contribution in [0.25, 0.3) is 0 Å². The standard InChI is InChI=1S/C6H12O3/c1-3-7-5(2)9-6-4-8-6/h5-6H,3-4H2,1-2H3. The van der Waals surface area contributed by atoms with Crippen molar-refractivity contribution in [1.29, 1.82) is 0 Å². The van der Waals surface area contributed by atoms with Crippen LogP contribution in [-0.2, 0) is 14.2 Å². The molecule has 1 aliphatic rings. The van der Waals surface area contributed by atoms with E-state index in [4.69, 9.17) is 14.2 Å². The fraction of sp³-hybridized carbons (Fsp3) is 1.00. The summed E-state index contributed by atoms with van der Waals surface area (Å²) in [5.41, 5.74) is 0.